The molecule has 0 saturated carbocycles. The second-order valence-electron chi connectivity index (χ2n) is 0.933. The Kier molecular flexibility index (Phi) is 16.9. The van der Waals surface area contributed by atoms with Crippen molar-refractivity contribution in [3.05, 3.63) is 9.36 Å². The molecule has 1 rings (SSSR count). The van der Waals surface area contributed by atoms with E-state index in [9.17, 15) is 0 Å². The number of rotatable bonds is 0. The van der Waals surface area contributed by atoms with Gasteiger partial charge >= 0.3 is 40.5 Å². The van der Waals surface area contributed by atoms with Crippen molar-refractivity contribution in [1.29, 1.82) is 0 Å². The monoisotopic (exact) mass is 237 g/mol. The number of halogens is 3. The van der Waals surface area contributed by atoms with Gasteiger partial charge in [-0.2, -0.15) is 0 Å². The van der Waals surface area contributed by atoms with Gasteiger partial charge in [-0.1, -0.05) is 0 Å². The molecule has 0 nitrogen and oxygen atoms in total. The second-order valence-corrected chi connectivity index (χ2v) is 2.51. The topological polar surface area (TPSA) is 0 Å². The van der Waals surface area contributed by atoms with Gasteiger partial charge in [0, 0.05) is 0 Å². The molecule has 0 radical (unpaired) electrons. The average Bonchev–Trinajstić information content (AvgIpc) is 1.75. The van der Waals surface area contributed by atoms with Crippen LogP contribution in [0.2, 0.25) is 0 Å². The van der Waals surface area contributed by atoms with Crippen LogP contribution in [0, 0.1) is 0 Å². The van der Waals surface area contributed by atoms with Crippen molar-refractivity contribution in [1.82, 2.24) is 0 Å². The van der Waals surface area contributed by atoms with Crippen LogP contribution in [0.5, 0.6) is 0 Å². The van der Waals surface area contributed by atoms with Gasteiger partial charge in [-0.15, -0.1) is 37.2 Å². The van der Waals surface area contributed by atoms with Crippen molar-refractivity contribution >= 4 is 37.2 Å². The van der Waals surface area contributed by atoms with E-state index in [1.807, 2.05) is 0 Å². The van der Waals surface area contributed by atoms with Crippen LogP contribution in [0.1, 0.15) is 6.42 Å². The van der Waals surface area contributed by atoms with Crippen molar-refractivity contribution in [2.75, 3.05) is 0 Å². The molecule has 1 aliphatic carbocycles. The zero-order valence-electron chi connectivity index (χ0n) is 3.51. The SMILES string of the molecule is Cl.Cl.Cl.[Zr][C]1=CC1. The van der Waals surface area contributed by atoms with Gasteiger partial charge in [0.05, 0.1) is 0 Å². The quantitative estimate of drug-likeness (QED) is 0.607. The van der Waals surface area contributed by atoms with Gasteiger partial charge in [0.2, 0.25) is 0 Å². The summed E-state index contributed by atoms with van der Waals surface area (Å²) in [7, 11) is 0. The minimum atomic E-state index is 0. The van der Waals surface area contributed by atoms with Gasteiger partial charge in [-0.3, -0.25) is 0 Å². The molecule has 4 heteroatoms. The fraction of sp³-hybridized carbons (Fsp3) is 0.333. The zero-order chi connectivity index (χ0) is 2.99. The summed E-state index contributed by atoms with van der Waals surface area (Å²) in [6, 6.07) is 0. The van der Waals surface area contributed by atoms with Crippen LogP contribution in [-0.2, 0) is 24.7 Å². The Morgan fingerprint density at radius 1 is 1.29 bits per heavy atom. The molecule has 1 aliphatic rings. The molecule has 0 spiro atoms. The Labute approximate surface area is 77.2 Å². The standard InChI is InChI=1S/C3H3.3ClH.Zr/c1-2-3-1;;;;/h1H,2H2;3*1H;. The van der Waals surface area contributed by atoms with Crippen LogP contribution in [0.4, 0.5) is 0 Å². The Balaban J connectivity index is -0.0000000533. The summed E-state index contributed by atoms with van der Waals surface area (Å²) in [6.07, 6.45) is 3.57. The fourth-order valence-corrected chi connectivity index (χ4v) is 0.302. The molecule has 0 aromatic carbocycles. The first-order chi connectivity index (χ1) is 1.89. The first-order valence-corrected chi connectivity index (χ1v) is 2.53. The van der Waals surface area contributed by atoms with E-state index < -0.39 is 0 Å². The summed E-state index contributed by atoms with van der Waals surface area (Å²) >= 11 is 1.61. The van der Waals surface area contributed by atoms with Crippen LogP contribution < -0.4 is 0 Å². The molecule has 0 saturated heterocycles. The Hall–Kier alpha value is 1.49. The third-order valence-corrected chi connectivity index (χ3v) is 1.41. The molecule has 0 fully saturated rings. The molecule has 0 aromatic rings. The maximum absolute atomic E-state index is 2.25. The molecule has 0 aromatic heterocycles. The number of hydrogen-bond acceptors (Lipinski definition) is 0. The van der Waals surface area contributed by atoms with Crippen molar-refractivity contribution < 1.29 is 24.7 Å². The van der Waals surface area contributed by atoms with Crippen LogP contribution in [0.3, 0.4) is 0 Å². The van der Waals surface area contributed by atoms with Gasteiger partial charge < -0.3 is 0 Å². The third kappa shape index (κ3) is 11.2. The Morgan fingerprint density at radius 3 is 1.43 bits per heavy atom. The van der Waals surface area contributed by atoms with Crippen LogP contribution >= 0.6 is 37.2 Å². The maximum atomic E-state index is 2.25. The molecular formula is C3H6Cl3Zr. The van der Waals surface area contributed by atoms with Gasteiger partial charge in [0.15, 0.2) is 0 Å². The predicted octanol–water partition coefficient (Wildman–Crippen LogP) is 2.09. The van der Waals surface area contributed by atoms with Crippen molar-refractivity contribution in [2.45, 2.75) is 6.42 Å². The summed E-state index contributed by atoms with van der Waals surface area (Å²) in [6.45, 7) is 0. The van der Waals surface area contributed by atoms with E-state index in [0.29, 0.717) is 0 Å². The molecule has 0 aliphatic heterocycles. The summed E-state index contributed by atoms with van der Waals surface area (Å²) in [5, 5.41) is 0. The van der Waals surface area contributed by atoms with E-state index in [-0.39, 0.29) is 37.2 Å². The van der Waals surface area contributed by atoms with Gasteiger partial charge in [0.1, 0.15) is 0 Å². The van der Waals surface area contributed by atoms with E-state index >= 15 is 0 Å². The van der Waals surface area contributed by atoms with Gasteiger partial charge in [0.25, 0.3) is 0 Å². The van der Waals surface area contributed by atoms with E-state index in [0.717, 1.165) is 0 Å². The molecule has 0 unspecified atom stereocenters. The summed E-state index contributed by atoms with van der Waals surface area (Å²) in [5.41, 5.74) is 0. The van der Waals surface area contributed by atoms with Crippen molar-refractivity contribution in [2.24, 2.45) is 0 Å². The molecule has 7 heavy (non-hydrogen) atoms. The van der Waals surface area contributed by atoms with E-state index in [2.05, 4.69) is 6.08 Å². The fourth-order valence-electron chi connectivity index (χ4n) is 0.0510. The Bertz CT molecular complexity index is 61.2. The average molecular weight is 240 g/mol. The van der Waals surface area contributed by atoms with E-state index in [1.54, 1.807) is 28.0 Å². The third-order valence-electron chi connectivity index (χ3n) is 0.408. The number of allylic oxidation sites excluding steroid dienone is 2. The molecule has 0 amide bonds. The predicted molar refractivity (Wildman–Crippen MR) is 34.4 cm³/mol. The summed E-state index contributed by atoms with van der Waals surface area (Å²) < 4.78 is 1.63. The van der Waals surface area contributed by atoms with Crippen molar-refractivity contribution in [3.8, 4) is 0 Å². The van der Waals surface area contributed by atoms with Crippen LogP contribution in [0.25, 0.3) is 0 Å². The minimum absolute atomic E-state index is 0. The molecule has 43 valence electrons. The molecule has 0 bridgehead atoms. The van der Waals surface area contributed by atoms with Crippen molar-refractivity contribution in [3.63, 3.8) is 0 Å². The number of hydrogen-bond donors (Lipinski definition) is 0. The molecule has 0 heterocycles. The van der Waals surface area contributed by atoms with Gasteiger partial charge in [-0.05, 0) is 0 Å². The molecule has 0 atom stereocenters. The van der Waals surface area contributed by atoms with Crippen LogP contribution in [-0.4, -0.2) is 0 Å². The molecule has 0 N–H and O–H groups in total. The summed E-state index contributed by atoms with van der Waals surface area (Å²) in [5.74, 6) is 0. The zero-order valence-corrected chi connectivity index (χ0v) is 8.42. The van der Waals surface area contributed by atoms with Gasteiger partial charge in [-0.25, -0.2) is 0 Å². The van der Waals surface area contributed by atoms with E-state index in [1.165, 1.54) is 6.42 Å². The first kappa shape index (κ1) is 15.8. The Morgan fingerprint density at radius 2 is 1.43 bits per heavy atom. The summed E-state index contributed by atoms with van der Waals surface area (Å²) in [4.78, 5) is 0. The van der Waals surface area contributed by atoms with Crippen LogP contribution in [0.15, 0.2) is 9.36 Å². The normalized spacial score (nSPS) is 11.0. The van der Waals surface area contributed by atoms with E-state index in [4.69, 9.17) is 0 Å². The molecular weight excluding hydrogens is 234 g/mol. The second kappa shape index (κ2) is 7.49. The first-order valence-electron chi connectivity index (χ1n) is 1.30.